The van der Waals surface area contributed by atoms with Crippen molar-refractivity contribution >= 4 is 11.0 Å². The zero-order chi connectivity index (χ0) is 29.6. The summed E-state index contributed by atoms with van der Waals surface area (Å²) in [6, 6.07) is 7.36. The van der Waals surface area contributed by atoms with Crippen LogP contribution in [-0.2, 0) is 14.2 Å². The molecule has 0 unspecified atom stereocenters. The molecule has 15 heteroatoms. The van der Waals surface area contributed by atoms with Gasteiger partial charge in [-0.2, -0.15) is 0 Å². The van der Waals surface area contributed by atoms with E-state index in [-0.39, 0.29) is 28.0 Å². The third-order valence-electron chi connectivity index (χ3n) is 6.85. The molecular weight excluding hydrogens is 552 g/mol. The molecule has 3 aromatic rings. The number of aliphatic hydroxyl groups excluding tert-OH is 6. The lowest BCUT2D eigenvalue weighted by molar-refractivity contribution is -0.348. The fourth-order valence-electron chi connectivity index (χ4n) is 4.64. The Morgan fingerprint density at radius 3 is 2.24 bits per heavy atom. The van der Waals surface area contributed by atoms with Gasteiger partial charge in [0.15, 0.2) is 18.2 Å². The van der Waals surface area contributed by atoms with Gasteiger partial charge in [-0.1, -0.05) is 0 Å². The third-order valence-corrected chi connectivity index (χ3v) is 6.85. The highest BCUT2D eigenvalue weighted by Crippen LogP contribution is 2.37. The van der Waals surface area contributed by atoms with E-state index >= 15 is 0 Å². The molecule has 2 fully saturated rings. The third kappa shape index (κ3) is 5.42. The van der Waals surface area contributed by atoms with E-state index in [9.17, 15) is 50.8 Å². The molecule has 0 bridgehead atoms. The van der Waals surface area contributed by atoms with Crippen molar-refractivity contribution in [3.8, 4) is 34.3 Å². The molecule has 0 spiro atoms. The first-order valence-electron chi connectivity index (χ1n) is 12.4. The molecule has 222 valence electrons. The topological polar surface area (TPSA) is 249 Å². The molecule has 0 amide bonds. The molecule has 2 aliphatic rings. The van der Waals surface area contributed by atoms with Gasteiger partial charge in [-0.15, -0.1) is 0 Å². The second-order valence-electron chi connectivity index (χ2n) is 9.65. The van der Waals surface area contributed by atoms with E-state index in [1.54, 1.807) is 0 Å². The maximum absolute atomic E-state index is 13.6. The lowest BCUT2D eigenvalue weighted by Gasteiger charge is -2.44. The van der Waals surface area contributed by atoms with Crippen LogP contribution in [0.5, 0.6) is 23.0 Å². The summed E-state index contributed by atoms with van der Waals surface area (Å²) in [5, 5.41) is 90.7. The number of aliphatic hydroxyl groups is 6. The summed E-state index contributed by atoms with van der Waals surface area (Å²) in [5.74, 6) is -1.92. The molecule has 0 radical (unpaired) electrons. The second kappa shape index (κ2) is 11.4. The van der Waals surface area contributed by atoms with Crippen LogP contribution in [-0.4, -0.2) is 114 Å². The number of hydrogen-bond acceptors (Lipinski definition) is 15. The molecular formula is C26H28O15. The van der Waals surface area contributed by atoms with Gasteiger partial charge in [0.1, 0.15) is 64.8 Å². The van der Waals surface area contributed by atoms with Crippen molar-refractivity contribution < 1.29 is 69.3 Å². The van der Waals surface area contributed by atoms with Crippen LogP contribution in [0.25, 0.3) is 22.3 Å². The van der Waals surface area contributed by atoms with Crippen molar-refractivity contribution in [1.82, 2.24) is 0 Å². The van der Waals surface area contributed by atoms with Crippen LogP contribution in [0.2, 0.25) is 0 Å². The Morgan fingerprint density at radius 2 is 1.56 bits per heavy atom. The molecule has 3 heterocycles. The highest BCUT2D eigenvalue weighted by molar-refractivity contribution is 5.88. The first-order valence-corrected chi connectivity index (χ1v) is 12.4. The predicted molar refractivity (Wildman–Crippen MR) is 134 cm³/mol. The monoisotopic (exact) mass is 580 g/mol. The Balaban J connectivity index is 1.56. The van der Waals surface area contributed by atoms with Crippen molar-refractivity contribution in [2.75, 3.05) is 13.2 Å². The fourth-order valence-corrected chi connectivity index (χ4v) is 4.64. The number of fused-ring (bicyclic) bond motifs is 1. The quantitative estimate of drug-likeness (QED) is 0.156. The Kier molecular flexibility index (Phi) is 8.06. The highest BCUT2D eigenvalue weighted by Gasteiger charge is 2.49. The number of rotatable bonds is 6. The van der Waals surface area contributed by atoms with E-state index in [0.29, 0.717) is 0 Å². The molecule has 9 N–H and O–H groups in total. The van der Waals surface area contributed by atoms with Crippen LogP contribution < -0.4 is 10.2 Å². The molecule has 5 rings (SSSR count). The van der Waals surface area contributed by atoms with E-state index in [2.05, 4.69) is 0 Å². The molecule has 0 saturated carbocycles. The van der Waals surface area contributed by atoms with Gasteiger partial charge < -0.3 is 69.3 Å². The van der Waals surface area contributed by atoms with Crippen LogP contribution in [0, 0.1) is 0 Å². The molecule has 41 heavy (non-hydrogen) atoms. The molecule has 1 aromatic heterocycles. The second-order valence-corrected chi connectivity index (χ2v) is 9.65. The van der Waals surface area contributed by atoms with Crippen molar-refractivity contribution in [3.63, 3.8) is 0 Å². The maximum atomic E-state index is 13.6. The van der Waals surface area contributed by atoms with Gasteiger partial charge in [0, 0.05) is 17.7 Å². The lowest BCUT2D eigenvalue weighted by Crippen LogP contribution is -2.63. The smallest absolute Gasteiger partial charge is 0.239 e. The summed E-state index contributed by atoms with van der Waals surface area (Å²) in [6.07, 6.45) is -15.2. The van der Waals surface area contributed by atoms with Crippen molar-refractivity contribution in [3.05, 3.63) is 46.6 Å². The van der Waals surface area contributed by atoms with Gasteiger partial charge in [-0.05, 0) is 24.3 Å². The average Bonchev–Trinajstić information content (AvgIpc) is 2.93. The zero-order valence-corrected chi connectivity index (χ0v) is 21.0. The Hall–Kier alpha value is -3.51. The van der Waals surface area contributed by atoms with Crippen LogP contribution >= 0.6 is 0 Å². The summed E-state index contributed by atoms with van der Waals surface area (Å²) in [4.78, 5) is 13.6. The van der Waals surface area contributed by atoms with Crippen molar-refractivity contribution in [2.24, 2.45) is 0 Å². The standard InChI is InChI=1S/C26H28O15/c27-7-15-18(33)20(35)21(36)25(39-15)41-24-17(32)13(31)8-37-26(24)40-23-19(34)16-12(30)5-11(29)6-14(16)38-22(23)9-1-3-10(28)4-2-9/h1-6,13,15,17-18,20-21,24-33,35-36H,7-8H2/t13-,15-,17+,18+,20+,21-,24-,25+,26+/m1/s1. The van der Waals surface area contributed by atoms with Crippen LogP contribution in [0.15, 0.2) is 45.6 Å². The molecule has 2 aromatic carbocycles. The number of ether oxygens (including phenoxy) is 4. The molecule has 2 aliphatic heterocycles. The van der Waals surface area contributed by atoms with Gasteiger partial charge in [-0.25, -0.2) is 0 Å². The average molecular weight is 580 g/mol. The van der Waals surface area contributed by atoms with Gasteiger partial charge in [0.2, 0.25) is 17.5 Å². The first-order chi connectivity index (χ1) is 19.5. The zero-order valence-electron chi connectivity index (χ0n) is 21.0. The van der Waals surface area contributed by atoms with E-state index in [4.69, 9.17) is 23.4 Å². The summed E-state index contributed by atoms with van der Waals surface area (Å²) in [6.45, 7) is -1.25. The number of aromatic hydroxyl groups is 3. The van der Waals surface area contributed by atoms with Gasteiger partial charge in [0.05, 0.1) is 13.2 Å². The lowest BCUT2D eigenvalue weighted by atomic mass is 9.99. The SMILES string of the molecule is O=c1c(O[C@@H]2OC[C@@H](O)[C@H](O)[C@H]2O[C@@H]2O[C@H](CO)[C@H](O)[C@H](O)[C@H]2O)c(-c2ccc(O)cc2)oc2cc(O)cc(O)c12. The number of hydrogen-bond donors (Lipinski definition) is 9. The number of phenolic OH excluding ortho intramolecular Hbond substituents is 3. The predicted octanol–water partition coefficient (Wildman–Crippen LogP) is -1.78. The Morgan fingerprint density at radius 1 is 0.854 bits per heavy atom. The van der Waals surface area contributed by atoms with E-state index in [0.717, 1.165) is 12.1 Å². The Labute approximate surface area is 230 Å². The maximum Gasteiger partial charge on any atom is 0.239 e. The summed E-state index contributed by atoms with van der Waals surface area (Å²) >= 11 is 0. The number of phenols is 3. The summed E-state index contributed by atoms with van der Waals surface area (Å²) in [7, 11) is 0. The molecule has 9 atom stereocenters. The minimum atomic E-state index is -1.87. The van der Waals surface area contributed by atoms with Crippen molar-refractivity contribution in [1.29, 1.82) is 0 Å². The Bertz CT molecular complexity index is 1440. The van der Waals surface area contributed by atoms with E-state index in [1.165, 1.54) is 24.3 Å². The van der Waals surface area contributed by atoms with Crippen LogP contribution in [0.4, 0.5) is 0 Å². The van der Waals surface area contributed by atoms with E-state index < -0.39 is 91.2 Å². The minimum absolute atomic E-state index is 0.102. The minimum Gasteiger partial charge on any atom is -0.508 e. The normalized spacial score (nSPS) is 32.2. The van der Waals surface area contributed by atoms with Crippen LogP contribution in [0.1, 0.15) is 0 Å². The highest BCUT2D eigenvalue weighted by atomic mass is 16.8. The van der Waals surface area contributed by atoms with Crippen LogP contribution in [0.3, 0.4) is 0 Å². The first kappa shape index (κ1) is 29.0. The van der Waals surface area contributed by atoms with Gasteiger partial charge in [-0.3, -0.25) is 4.79 Å². The number of benzene rings is 2. The molecule has 0 aliphatic carbocycles. The molecule has 15 nitrogen and oxygen atoms in total. The summed E-state index contributed by atoms with van der Waals surface area (Å²) < 4.78 is 28.1. The largest absolute Gasteiger partial charge is 0.508 e. The van der Waals surface area contributed by atoms with Crippen molar-refractivity contribution in [2.45, 2.75) is 55.3 Å². The van der Waals surface area contributed by atoms with Gasteiger partial charge in [0.25, 0.3) is 0 Å². The van der Waals surface area contributed by atoms with Gasteiger partial charge >= 0.3 is 0 Å². The van der Waals surface area contributed by atoms with E-state index in [1.807, 2.05) is 0 Å². The molecule has 2 saturated heterocycles. The fraction of sp³-hybridized carbons (Fsp3) is 0.423. The summed E-state index contributed by atoms with van der Waals surface area (Å²) in [5.41, 5.74) is -0.929.